The molecule has 2 bridgehead atoms. The van der Waals surface area contributed by atoms with Crippen molar-refractivity contribution in [2.75, 3.05) is 13.6 Å². The molecule has 1 heteroatoms. The van der Waals surface area contributed by atoms with E-state index in [1.807, 2.05) is 13.8 Å². The quantitative estimate of drug-likeness (QED) is 0.519. The van der Waals surface area contributed by atoms with Gasteiger partial charge in [0.15, 0.2) is 0 Å². The molecule has 0 spiro atoms. The molecule has 1 unspecified atom stereocenters. The van der Waals surface area contributed by atoms with E-state index in [1.165, 1.54) is 19.4 Å². The summed E-state index contributed by atoms with van der Waals surface area (Å²) in [4.78, 5) is 2.52. The molecule has 1 saturated carbocycles. The average Bonchev–Trinajstić information content (AvgIpc) is 1.87. The van der Waals surface area contributed by atoms with Gasteiger partial charge >= 0.3 is 0 Å². The third-order valence-electron chi connectivity index (χ3n) is 3.15. The first-order valence-electron chi connectivity index (χ1n) is 4.97. The van der Waals surface area contributed by atoms with Gasteiger partial charge in [0.25, 0.3) is 0 Å². The van der Waals surface area contributed by atoms with Crippen molar-refractivity contribution >= 4 is 0 Å². The summed E-state index contributed by atoms with van der Waals surface area (Å²) in [5, 5.41) is 0. The van der Waals surface area contributed by atoms with Crippen molar-refractivity contribution in [3.05, 3.63) is 0 Å². The molecule has 2 aliphatic heterocycles. The fourth-order valence-corrected chi connectivity index (χ4v) is 2.21. The van der Waals surface area contributed by atoms with Gasteiger partial charge in [-0.05, 0) is 31.7 Å². The maximum absolute atomic E-state index is 2.52. The van der Waals surface area contributed by atoms with E-state index in [4.69, 9.17) is 0 Å². The Labute approximate surface area is 70.8 Å². The van der Waals surface area contributed by atoms with Crippen LogP contribution in [0.2, 0.25) is 0 Å². The molecule has 11 heavy (non-hydrogen) atoms. The Bertz CT molecular complexity index is 104. The third-order valence-corrected chi connectivity index (χ3v) is 3.15. The zero-order valence-corrected chi connectivity index (χ0v) is 8.30. The summed E-state index contributed by atoms with van der Waals surface area (Å²) in [7, 11) is 2.26. The van der Waals surface area contributed by atoms with Crippen molar-refractivity contribution in [2.45, 2.75) is 39.7 Å². The van der Waals surface area contributed by atoms with Crippen LogP contribution in [0.3, 0.4) is 0 Å². The molecule has 0 radical (unpaired) electrons. The fraction of sp³-hybridized carbons (Fsp3) is 1.00. The van der Waals surface area contributed by atoms with Crippen molar-refractivity contribution in [2.24, 2.45) is 11.8 Å². The predicted octanol–water partition coefficient (Wildman–Crippen LogP) is 2.37. The van der Waals surface area contributed by atoms with Crippen LogP contribution in [0.25, 0.3) is 0 Å². The van der Waals surface area contributed by atoms with Crippen LogP contribution >= 0.6 is 0 Å². The van der Waals surface area contributed by atoms with Crippen LogP contribution in [0.1, 0.15) is 33.6 Å². The first-order chi connectivity index (χ1) is 5.27. The predicted molar refractivity (Wildman–Crippen MR) is 49.7 cm³/mol. The second kappa shape index (κ2) is 3.57. The lowest BCUT2D eigenvalue weighted by atomic mass is 9.68. The molecule has 2 saturated heterocycles. The summed E-state index contributed by atoms with van der Waals surface area (Å²) in [6, 6.07) is 0.964. The molecule has 3 aliphatic rings. The lowest BCUT2D eigenvalue weighted by molar-refractivity contribution is -0.00911. The molecule has 66 valence electrons. The van der Waals surface area contributed by atoms with Gasteiger partial charge in [-0.3, -0.25) is 0 Å². The summed E-state index contributed by atoms with van der Waals surface area (Å²) >= 11 is 0. The van der Waals surface area contributed by atoms with Gasteiger partial charge in [-0.2, -0.15) is 0 Å². The SMILES string of the molecule is CC.CC1CN(C)C2CC1C2. The van der Waals surface area contributed by atoms with Gasteiger partial charge in [-0.25, -0.2) is 0 Å². The minimum atomic E-state index is 0.964. The molecule has 0 aromatic heterocycles. The zero-order chi connectivity index (χ0) is 8.43. The second-order valence-electron chi connectivity index (χ2n) is 3.80. The van der Waals surface area contributed by atoms with Gasteiger partial charge in [-0.1, -0.05) is 20.8 Å². The molecule has 2 heterocycles. The van der Waals surface area contributed by atoms with Gasteiger partial charge in [0, 0.05) is 12.6 Å². The minimum Gasteiger partial charge on any atom is -0.303 e. The summed E-state index contributed by atoms with van der Waals surface area (Å²) in [6.07, 6.45) is 2.97. The monoisotopic (exact) mass is 155 g/mol. The Balaban J connectivity index is 0.000000281. The molecule has 0 aromatic rings. The maximum atomic E-state index is 2.52. The zero-order valence-electron chi connectivity index (χ0n) is 8.30. The number of hydrogen-bond donors (Lipinski definition) is 0. The van der Waals surface area contributed by atoms with E-state index in [2.05, 4.69) is 18.9 Å². The first-order valence-corrected chi connectivity index (χ1v) is 4.97. The molecule has 1 aliphatic carbocycles. The first kappa shape index (κ1) is 9.05. The van der Waals surface area contributed by atoms with E-state index >= 15 is 0 Å². The highest BCUT2D eigenvalue weighted by Crippen LogP contribution is 2.41. The highest BCUT2D eigenvalue weighted by atomic mass is 15.2. The minimum absolute atomic E-state index is 0.964. The molecule has 0 aromatic carbocycles. The lowest BCUT2D eigenvalue weighted by Gasteiger charge is -2.51. The van der Waals surface area contributed by atoms with Crippen molar-refractivity contribution in [1.82, 2.24) is 4.90 Å². The smallest absolute Gasteiger partial charge is 0.00978 e. The second-order valence-corrected chi connectivity index (χ2v) is 3.80. The van der Waals surface area contributed by atoms with Crippen LogP contribution in [-0.4, -0.2) is 24.5 Å². The Morgan fingerprint density at radius 3 is 2.00 bits per heavy atom. The Kier molecular flexibility index (Phi) is 2.94. The molecular weight excluding hydrogens is 134 g/mol. The Hall–Kier alpha value is -0.0400. The number of piperidine rings is 2. The molecule has 0 amide bonds. The molecular formula is C10H21N. The average molecular weight is 155 g/mol. The molecule has 1 atom stereocenters. The van der Waals surface area contributed by atoms with E-state index in [1.54, 1.807) is 0 Å². The topological polar surface area (TPSA) is 3.24 Å². The van der Waals surface area contributed by atoms with Gasteiger partial charge in [-0.15, -0.1) is 0 Å². The molecule has 3 fully saturated rings. The van der Waals surface area contributed by atoms with Crippen LogP contribution in [0.4, 0.5) is 0 Å². The van der Waals surface area contributed by atoms with Crippen LogP contribution in [-0.2, 0) is 0 Å². The number of fused-ring (bicyclic) bond motifs is 2. The number of nitrogens with zero attached hydrogens (tertiary/aromatic N) is 1. The van der Waals surface area contributed by atoms with Crippen molar-refractivity contribution in [1.29, 1.82) is 0 Å². The van der Waals surface area contributed by atoms with Crippen molar-refractivity contribution in [3.63, 3.8) is 0 Å². The normalized spacial score (nSPS) is 42.0. The van der Waals surface area contributed by atoms with Gasteiger partial charge in [0.2, 0.25) is 0 Å². The number of rotatable bonds is 0. The Morgan fingerprint density at radius 2 is 1.73 bits per heavy atom. The highest BCUT2D eigenvalue weighted by molar-refractivity contribution is 4.94. The summed E-state index contributed by atoms with van der Waals surface area (Å²) in [6.45, 7) is 7.73. The van der Waals surface area contributed by atoms with Crippen LogP contribution in [0.15, 0.2) is 0 Å². The maximum Gasteiger partial charge on any atom is 0.00978 e. The van der Waals surface area contributed by atoms with E-state index in [-0.39, 0.29) is 0 Å². The van der Waals surface area contributed by atoms with Crippen LogP contribution in [0.5, 0.6) is 0 Å². The Morgan fingerprint density at radius 1 is 1.18 bits per heavy atom. The van der Waals surface area contributed by atoms with Gasteiger partial charge in [0.1, 0.15) is 0 Å². The largest absolute Gasteiger partial charge is 0.303 e. The molecule has 1 nitrogen and oxygen atoms in total. The fourth-order valence-electron chi connectivity index (χ4n) is 2.21. The van der Waals surface area contributed by atoms with Crippen molar-refractivity contribution in [3.8, 4) is 0 Å². The number of hydrogen-bond acceptors (Lipinski definition) is 1. The van der Waals surface area contributed by atoms with E-state index < -0.39 is 0 Å². The lowest BCUT2D eigenvalue weighted by Crippen LogP contribution is -2.53. The third kappa shape index (κ3) is 1.58. The summed E-state index contributed by atoms with van der Waals surface area (Å²) in [5.74, 6) is 2.06. The van der Waals surface area contributed by atoms with Crippen LogP contribution < -0.4 is 0 Å². The van der Waals surface area contributed by atoms with Gasteiger partial charge < -0.3 is 4.90 Å². The van der Waals surface area contributed by atoms with Gasteiger partial charge in [0.05, 0.1) is 0 Å². The molecule has 3 rings (SSSR count). The molecule has 0 N–H and O–H groups in total. The van der Waals surface area contributed by atoms with Crippen molar-refractivity contribution < 1.29 is 0 Å². The summed E-state index contributed by atoms with van der Waals surface area (Å²) in [5.41, 5.74) is 0. The van der Waals surface area contributed by atoms with Crippen LogP contribution in [0, 0.1) is 11.8 Å². The van der Waals surface area contributed by atoms with E-state index in [9.17, 15) is 0 Å². The summed E-state index contributed by atoms with van der Waals surface area (Å²) < 4.78 is 0. The van der Waals surface area contributed by atoms with E-state index in [0.29, 0.717) is 0 Å². The highest BCUT2D eigenvalue weighted by Gasteiger charge is 2.40. The standard InChI is InChI=1S/C8H15N.C2H6/c1-6-5-9(2)8-3-7(6)4-8;1-2/h6-8H,3-5H2,1-2H3;1-2H3. The van der Waals surface area contributed by atoms with E-state index in [0.717, 1.165) is 17.9 Å².